The molecule has 7 nitrogen and oxygen atoms in total. The fourth-order valence-corrected chi connectivity index (χ4v) is 6.29. The lowest BCUT2D eigenvalue weighted by Crippen LogP contribution is -2.40. The summed E-state index contributed by atoms with van der Waals surface area (Å²) in [7, 11) is 1.58. The third kappa shape index (κ3) is 6.48. The van der Waals surface area contributed by atoms with Crippen molar-refractivity contribution in [3.8, 4) is 11.5 Å². The zero-order valence-corrected chi connectivity index (χ0v) is 26.2. The smallest absolute Gasteiger partial charge is 0.338 e. The highest BCUT2D eigenvalue weighted by molar-refractivity contribution is 7.07. The first-order valence-corrected chi connectivity index (χ1v) is 15.5. The molecule has 1 aromatic heterocycles. The van der Waals surface area contributed by atoms with E-state index in [9.17, 15) is 9.59 Å². The number of carbonyl (C=O) groups is 1. The second kappa shape index (κ2) is 13.4. The number of esters is 1. The number of hydrogen-bond acceptors (Lipinski definition) is 7. The topological polar surface area (TPSA) is 79.1 Å². The molecule has 0 amide bonds. The number of rotatable bonds is 9. The minimum absolute atomic E-state index is 0.177. The zero-order chi connectivity index (χ0) is 31.3. The summed E-state index contributed by atoms with van der Waals surface area (Å²) in [5.74, 6) is 0.732. The Balaban J connectivity index is 1.48. The van der Waals surface area contributed by atoms with Crippen molar-refractivity contribution in [1.29, 1.82) is 0 Å². The molecule has 0 radical (unpaired) electrons. The molecule has 1 aliphatic heterocycles. The first-order chi connectivity index (χ1) is 21.9. The average molecular weight is 637 g/mol. The molecular formula is C36H29ClN2O5S. The molecule has 0 N–H and O–H groups in total. The van der Waals surface area contributed by atoms with Crippen LogP contribution in [0, 0.1) is 0 Å². The van der Waals surface area contributed by atoms with Crippen LogP contribution in [0.4, 0.5) is 0 Å². The highest BCUT2D eigenvalue weighted by Gasteiger charge is 2.35. The molecule has 226 valence electrons. The van der Waals surface area contributed by atoms with Crippen LogP contribution >= 0.6 is 22.9 Å². The van der Waals surface area contributed by atoms with Gasteiger partial charge in [-0.15, -0.1) is 0 Å². The van der Waals surface area contributed by atoms with Gasteiger partial charge in [0.2, 0.25) is 0 Å². The maximum atomic E-state index is 14.2. The summed E-state index contributed by atoms with van der Waals surface area (Å²) in [6.45, 7) is 2.31. The highest BCUT2D eigenvalue weighted by atomic mass is 35.5. The number of benzene rings is 4. The van der Waals surface area contributed by atoms with Crippen LogP contribution in [0.5, 0.6) is 11.5 Å². The van der Waals surface area contributed by atoms with Crippen LogP contribution in [0.2, 0.25) is 5.02 Å². The van der Waals surface area contributed by atoms with E-state index in [2.05, 4.69) is 0 Å². The fourth-order valence-electron chi connectivity index (χ4n) is 5.16. The quantitative estimate of drug-likeness (QED) is 0.181. The van der Waals surface area contributed by atoms with Crippen molar-refractivity contribution in [3.63, 3.8) is 0 Å². The molecule has 0 saturated heterocycles. The van der Waals surface area contributed by atoms with Crippen molar-refractivity contribution in [2.75, 3.05) is 13.7 Å². The summed E-state index contributed by atoms with van der Waals surface area (Å²) in [5, 5.41) is 0.668. The number of thiazole rings is 1. The van der Waals surface area contributed by atoms with Crippen LogP contribution < -0.4 is 24.4 Å². The van der Waals surface area contributed by atoms with Gasteiger partial charge >= 0.3 is 5.97 Å². The average Bonchev–Trinajstić information content (AvgIpc) is 3.38. The van der Waals surface area contributed by atoms with Gasteiger partial charge in [0, 0.05) is 10.6 Å². The van der Waals surface area contributed by atoms with Gasteiger partial charge in [-0.2, -0.15) is 0 Å². The predicted molar refractivity (Wildman–Crippen MR) is 176 cm³/mol. The van der Waals surface area contributed by atoms with E-state index in [1.54, 1.807) is 18.6 Å². The first-order valence-electron chi connectivity index (χ1n) is 14.3. The van der Waals surface area contributed by atoms with Crippen LogP contribution in [-0.2, 0) is 16.1 Å². The van der Waals surface area contributed by atoms with Crippen LogP contribution in [-0.4, -0.2) is 24.3 Å². The lowest BCUT2D eigenvalue weighted by molar-refractivity contribution is -0.138. The summed E-state index contributed by atoms with van der Waals surface area (Å²) in [4.78, 5) is 33.2. The molecule has 2 heterocycles. The molecule has 1 atom stereocenters. The first kappa shape index (κ1) is 30.1. The molecule has 0 bridgehead atoms. The Morgan fingerprint density at radius 3 is 2.47 bits per heavy atom. The summed E-state index contributed by atoms with van der Waals surface area (Å²) < 4.78 is 19.1. The lowest BCUT2D eigenvalue weighted by Gasteiger charge is -2.26. The number of methoxy groups -OCH3 is 1. The van der Waals surface area contributed by atoms with Crippen molar-refractivity contribution >= 4 is 40.7 Å². The van der Waals surface area contributed by atoms with E-state index in [0.717, 1.165) is 16.7 Å². The molecule has 5 aromatic rings. The summed E-state index contributed by atoms with van der Waals surface area (Å²) >= 11 is 7.27. The normalized spacial score (nSPS) is 14.5. The van der Waals surface area contributed by atoms with E-state index in [4.69, 9.17) is 30.8 Å². The third-order valence-corrected chi connectivity index (χ3v) is 8.49. The maximum absolute atomic E-state index is 14.2. The van der Waals surface area contributed by atoms with Gasteiger partial charge in [-0.05, 0) is 66.1 Å². The minimum Gasteiger partial charge on any atom is -0.497 e. The number of hydrogen-bond donors (Lipinski definition) is 0. The lowest BCUT2D eigenvalue weighted by atomic mass is 9.93. The predicted octanol–water partition coefficient (Wildman–Crippen LogP) is 6.18. The molecular weight excluding hydrogens is 608 g/mol. The van der Waals surface area contributed by atoms with Crippen LogP contribution in [0.3, 0.4) is 0 Å². The van der Waals surface area contributed by atoms with E-state index >= 15 is 0 Å². The minimum atomic E-state index is -0.790. The van der Waals surface area contributed by atoms with E-state index in [1.165, 1.54) is 11.3 Å². The number of ether oxygens (including phenoxy) is 3. The molecule has 0 fully saturated rings. The molecule has 0 unspecified atom stereocenters. The Bertz CT molecular complexity index is 2070. The van der Waals surface area contributed by atoms with E-state index in [1.807, 2.05) is 109 Å². The summed E-state index contributed by atoms with van der Waals surface area (Å²) in [6.07, 6.45) is 1.82. The largest absolute Gasteiger partial charge is 0.497 e. The maximum Gasteiger partial charge on any atom is 0.338 e. The van der Waals surface area contributed by atoms with Gasteiger partial charge in [-0.3, -0.25) is 9.36 Å². The Morgan fingerprint density at radius 1 is 0.956 bits per heavy atom. The number of nitrogens with zero attached hydrogens (tertiary/aromatic N) is 2. The van der Waals surface area contributed by atoms with Gasteiger partial charge in [0.05, 0.1) is 35.6 Å². The number of aromatic nitrogens is 1. The Labute approximate surface area is 268 Å². The number of carbonyl (C=O) groups excluding carboxylic acids is 1. The Morgan fingerprint density at radius 2 is 1.71 bits per heavy atom. The Kier molecular flexibility index (Phi) is 8.96. The molecule has 6 rings (SSSR count). The van der Waals surface area contributed by atoms with Gasteiger partial charge in [0.15, 0.2) is 4.80 Å². The summed E-state index contributed by atoms with van der Waals surface area (Å²) in [6, 6.07) is 31.1. The second-order valence-electron chi connectivity index (χ2n) is 10.2. The zero-order valence-electron chi connectivity index (χ0n) is 24.6. The molecule has 9 heteroatoms. The van der Waals surface area contributed by atoms with Crippen LogP contribution in [0.15, 0.2) is 118 Å². The molecule has 0 saturated carbocycles. The van der Waals surface area contributed by atoms with Gasteiger partial charge in [-0.25, -0.2) is 9.79 Å². The van der Waals surface area contributed by atoms with Gasteiger partial charge < -0.3 is 14.2 Å². The highest BCUT2D eigenvalue weighted by Crippen LogP contribution is 2.36. The van der Waals surface area contributed by atoms with Crippen LogP contribution in [0.25, 0.3) is 11.8 Å². The number of fused-ring (bicyclic) bond motifs is 1. The number of halogens is 1. The molecule has 0 spiro atoms. The third-order valence-electron chi connectivity index (χ3n) is 7.26. The SMILES string of the molecule is CCOC(=O)C1=C(c2ccccc2)N=c2s/c(=C/c3cccc(OCc4ccc(Cl)cc4)c3)c(=O)n2[C@H]1c1cccc(OC)c1. The van der Waals surface area contributed by atoms with E-state index in [-0.39, 0.29) is 17.7 Å². The second-order valence-corrected chi connectivity index (χ2v) is 11.6. The van der Waals surface area contributed by atoms with Crippen molar-refractivity contribution in [2.24, 2.45) is 4.99 Å². The van der Waals surface area contributed by atoms with Crippen LogP contribution in [0.1, 0.15) is 35.2 Å². The van der Waals surface area contributed by atoms with Crippen molar-refractivity contribution in [2.45, 2.75) is 19.6 Å². The fraction of sp³-hybridized carbons (Fsp3) is 0.139. The van der Waals surface area contributed by atoms with E-state index < -0.39 is 12.0 Å². The molecule has 0 aliphatic carbocycles. The monoisotopic (exact) mass is 636 g/mol. The van der Waals surface area contributed by atoms with Crippen molar-refractivity contribution in [1.82, 2.24) is 4.57 Å². The molecule has 1 aliphatic rings. The summed E-state index contributed by atoms with van der Waals surface area (Å²) in [5.41, 5.74) is 3.71. The van der Waals surface area contributed by atoms with E-state index in [0.29, 0.717) is 43.7 Å². The van der Waals surface area contributed by atoms with Gasteiger partial charge in [0.1, 0.15) is 18.1 Å². The van der Waals surface area contributed by atoms with Crippen molar-refractivity contribution in [3.05, 3.63) is 156 Å². The standard InChI is InChI=1S/C36H29ClN2O5S/c1-3-43-35(41)31-32(25-10-5-4-6-11-25)38-36-39(33(31)26-12-8-13-28(21-26)42-2)34(40)30(45-36)20-24-9-7-14-29(19-24)44-22-23-15-17-27(37)18-16-23/h4-21,33H,3,22H2,1-2H3/b30-20+/t33-/m0/s1. The van der Waals surface area contributed by atoms with Crippen molar-refractivity contribution < 1.29 is 19.0 Å². The molecule has 45 heavy (non-hydrogen) atoms. The van der Waals surface area contributed by atoms with Gasteiger partial charge in [0.25, 0.3) is 5.56 Å². The Hall–Kier alpha value is -4.92. The molecule has 4 aromatic carbocycles. The van der Waals surface area contributed by atoms with Gasteiger partial charge in [-0.1, -0.05) is 89.7 Å².